The highest BCUT2D eigenvalue weighted by atomic mass is 16.5. The normalized spacial score (nSPS) is 26.0. The van der Waals surface area contributed by atoms with E-state index in [9.17, 15) is 4.79 Å². The average molecular weight is 328 g/mol. The first-order chi connectivity index (χ1) is 11.8. The molecule has 0 saturated carbocycles. The van der Waals surface area contributed by atoms with Crippen molar-refractivity contribution in [2.75, 3.05) is 26.8 Å². The summed E-state index contributed by atoms with van der Waals surface area (Å²) in [4.78, 5) is 15.2. The zero-order valence-corrected chi connectivity index (χ0v) is 14.1. The number of para-hydroxylation sites is 1. The molecule has 0 aliphatic carbocycles. The minimum atomic E-state index is 0.000827. The van der Waals surface area contributed by atoms with Gasteiger partial charge in [0.05, 0.1) is 12.7 Å². The van der Waals surface area contributed by atoms with Gasteiger partial charge in [0, 0.05) is 24.2 Å². The number of methoxy groups -OCH3 is 1. The van der Waals surface area contributed by atoms with Crippen molar-refractivity contribution in [3.05, 3.63) is 29.3 Å². The average Bonchev–Trinajstić information content (AvgIpc) is 3.03. The molecule has 0 bridgehead atoms. The first-order valence-corrected chi connectivity index (χ1v) is 8.81. The quantitative estimate of drug-likeness (QED) is 0.924. The molecule has 2 fully saturated rings. The van der Waals surface area contributed by atoms with Crippen LogP contribution in [-0.2, 0) is 4.79 Å². The highest BCUT2D eigenvalue weighted by molar-refractivity contribution is 5.99. The van der Waals surface area contributed by atoms with Crippen molar-refractivity contribution in [1.29, 1.82) is 0 Å². The summed E-state index contributed by atoms with van der Waals surface area (Å²) in [6.07, 6.45) is 6.72. The molecule has 0 aromatic heterocycles. The van der Waals surface area contributed by atoms with E-state index in [-0.39, 0.29) is 11.9 Å². The molecule has 4 rings (SSSR count). The summed E-state index contributed by atoms with van der Waals surface area (Å²) in [5.41, 5.74) is 1.58. The van der Waals surface area contributed by atoms with Crippen LogP contribution >= 0.6 is 0 Å². The van der Waals surface area contributed by atoms with Gasteiger partial charge in [-0.2, -0.15) is 0 Å². The lowest BCUT2D eigenvalue weighted by Gasteiger charge is -2.32. The van der Waals surface area contributed by atoms with Gasteiger partial charge in [0.2, 0.25) is 0 Å². The molecule has 5 nitrogen and oxygen atoms in total. The van der Waals surface area contributed by atoms with Gasteiger partial charge in [0.25, 0.3) is 5.91 Å². The van der Waals surface area contributed by atoms with Crippen molar-refractivity contribution in [2.24, 2.45) is 0 Å². The number of ether oxygens (including phenoxy) is 2. The van der Waals surface area contributed by atoms with E-state index >= 15 is 0 Å². The standard InChI is InChI=1S/C19H24N2O3/c1-23-17-7-4-5-13-11-14(12-24-18(13)17)19(22)20-15-8-10-21-9-3-2-6-16(15)21/h4-5,7,11,15-16H,2-3,6,8-10,12H2,1H3,(H,20,22). The van der Waals surface area contributed by atoms with Crippen LogP contribution in [-0.4, -0.2) is 49.7 Å². The van der Waals surface area contributed by atoms with Gasteiger partial charge in [0.15, 0.2) is 11.5 Å². The van der Waals surface area contributed by atoms with E-state index in [0.29, 0.717) is 24.0 Å². The number of amides is 1. The van der Waals surface area contributed by atoms with Crippen LogP contribution in [0, 0.1) is 0 Å². The lowest BCUT2D eigenvalue weighted by Crippen LogP contribution is -2.47. The number of carbonyl (C=O) groups excluding carboxylic acids is 1. The van der Waals surface area contributed by atoms with E-state index in [2.05, 4.69) is 10.2 Å². The third kappa shape index (κ3) is 2.77. The molecule has 1 aromatic carbocycles. The number of piperidine rings is 1. The van der Waals surface area contributed by atoms with Crippen LogP contribution in [0.1, 0.15) is 31.2 Å². The van der Waals surface area contributed by atoms with Crippen LogP contribution in [0.15, 0.2) is 23.8 Å². The summed E-state index contributed by atoms with van der Waals surface area (Å²) in [7, 11) is 1.63. The van der Waals surface area contributed by atoms with Gasteiger partial charge in [-0.1, -0.05) is 18.6 Å². The van der Waals surface area contributed by atoms with Crippen LogP contribution in [0.2, 0.25) is 0 Å². The van der Waals surface area contributed by atoms with Gasteiger partial charge >= 0.3 is 0 Å². The summed E-state index contributed by atoms with van der Waals surface area (Å²) >= 11 is 0. The number of carbonyl (C=O) groups is 1. The Balaban J connectivity index is 1.48. The summed E-state index contributed by atoms with van der Waals surface area (Å²) in [5.74, 6) is 1.42. The Bertz CT molecular complexity index is 671. The second-order valence-electron chi connectivity index (χ2n) is 6.80. The van der Waals surface area contributed by atoms with E-state index in [1.54, 1.807) is 7.11 Å². The van der Waals surface area contributed by atoms with Crippen LogP contribution in [0.5, 0.6) is 11.5 Å². The highest BCUT2D eigenvalue weighted by Crippen LogP contribution is 2.35. The fraction of sp³-hybridized carbons (Fsp3) is 0.526. The Kier molecular flexibility index (Phi) is 4.19. The summed E-state index contributed by atoms with van der Waals surface area (Å²) in [6, 6.07) is 6.51. The summed E-state index contributed by atoms with van der Waals surface area (Å²) in [6.45, 7) is 2.57. The van der Waals surface area contributed by atoms with Gasteiger partial charge < -0.3 is 14.8 Å². The molecule has 5 heteroatoms. The predicted molar refractivity (Wildman–Crippen MR) is 92.2 cm³/mol. The van der Waals surface area contributed by atoms with Crippen LogP contribution in [0.25, 0.3) is 6.08 Å². The number of benzene rings is 1. The molecule has 24 heavy (non-hydrogen) atoms. The van der Waals surface area contributed by atoms with Crippen LogP contribution < -0.4 is 14.8 Å². The van der Waals surface area contributed by atoms with Gasteiger partial charge in [-0.25, -0.2) is 0 Å². The van der Waals surface area contributed by atoms with E-state index < -0.39 is 0 Å². The molecule has 2 saturated heterocycles. The van der Waals surface area contributed by atoms with Crippen LogP contribution in [0.3, 0.4) is 0 Å². The third-order valence-electron chi connectivity index (χ3n) is 5.40. The van der Waals surface area contributed by atoms with E-state index in [1.807, 2.05) is 24.3 Å². The van der Waals surface area contributed by atoms with Gasteiger partial charge in [-0.15, -0.1) is 0 Å². The first-order valence-electron chi connectivity index (χ1n) is 8.81. The molecular formula is C19H24N2O3. The SMILES string of the molecule is COc1cccc2c1OCC(C(=O)NC1CCN3CCCCC13)=C2. The van der Waals surface area contributed by atoms with Gasteiger partial charge in [-0.3, -0.25) is 9.69 Å². The highest BCUT2D eigenvalue weighted by Gasteiger charge is 2.36. The molecule has 1 aromatic rings. The molecule has 128 valence electrons. The number of nitrogens with one attached hydrogen (secondary N) is 1. The molecule has 1 amide bonds. The van der Waals surface area contributed by atoms with Crippen molar-refractivity contribution in [3.8, 4) is 11.5 Å². The minimum Gasteiger partial charge on any atom is -0.493 e. The molecule has 0 radical (unpaired) electrons. The number of hydrogen-bond acceptors (Lipinski definition) is 4. The molecule has 2 unspecified atom stereocenters. The Morgan fingerprint density at radius 2 is 2.21 bits per heavy atom. The van der Waals surface area contributed by atoms with Crippen molar-refractivity contribution < 1.29 is 14.3 Å². The van der Waals surface area contributed by atoms with Gasteiger partial charge in [-0.05, 0) is 37.9 Å². The molecule has 2 atom stereocenters. The first kappa shape index (κ1) is 15.5. The molecule has 1 N–H and O–H groups in total. The second kappa shape index (κ2) is 6.48. The lowest BCUT2D eigenvalue weighted by atomic mass is 9.98. The molecule has 3 aliphatic rings. The molecular weight excluding hydrogens is 304 g/mol. The van der Waals surface area contributed by atoms with Gasteiger partial charge in [0.1, 0.15) is 6.61 Å². The number of rotatable bonds is 3. The third-order valence-corrected chi connectivity index (χ3v) is 5.40. The monoisotopic (exact) mass is 328 g/mol. The fourth-order valence-corrected chi connectivity index (χ4v) is 4.15. The summed E-state index contributed by atoms with van der Waals surface area (Å²) < 4.78 is 11.1. The van der Waals surface area contributed by atoms with Crippen LogP contribution in [0.4, 0.5) is 0 Å². The fourth-order valence-electron chi connectivity index (χ4n) is 4.15. The Morgan fingerprint density at radius 1 is 1.29 bits per heavy atom. The Labute approximate surface area is 142 Å². The van der Waals surface area contributed by atoms with E-state index in [0.717, 1.165) is 24.3 Å². The summed E-state index contributed by atoms with van der Waals surface area (Å²) in [5, 5.41) is 3.25. The second-order valence-corrected chi connectivity index (χ2v) is 6.80. The smallest absolute Gasteiger partial charge is 0.250 e. The number of nitrogens with zero attached hydrogens (tertiary/aromatic N) is 1. The zero-order valence-electron chi connectivity index (χ0n) is 14.1. The Hall–Kier alpha value is -2.01. The molecule has 3 aliphatic heterocycles. The maximum atomic E-state index is 12.7. The number of fused-ring (bicyclic) bond motifs is 2. The minimum absolute atomic E-state index is 0.000827. The van der Waals surface area contributed by atoms with Crippen molar-refractivity contribution >= 4 is 12.0 Å². The van der Waals surface area contributed by atoms with Crippen molar-refractivity contribution in [2.45, 2.75) is 37.8 Å². The largest absolute Gasteiger partial charge is 0.493 e. The lowest BCUT2D eigenvalue weighted by molar-refractivity contribution is -0.118. The van der Waals surface area contributed by atoms with E-state index in [4.69, 9.17) is 9.47 Å². The maximum Gasteiger partial charge on any atom is 0.250 e. The Morgan fingerprint density at radius 3 is 3.08 bits per heavy atom. The maximum absolute atomic E-state index is 12.7. The molecule has 0 spiro atoms. The number of hydrogen-bond donors (Lipinski definition) is 1. The zero-order chi connectivity index (χ0) is 16.5. The predicted octanol–water partition coefficient (Wildman–Crippen LogP) is 2.21. The topological polar surface area (TPSA) is 50.8 Å². The van der Waals surface area contributed by atoms with Crippen molar-refractivity contribution in [3.63, 3.8) is 0 Å². The van der Waals surface area contributed by atoms with E-state index in [1.165, 1.54) is 25.8 Å². The van der Waals surface area contributed by atoms with Crippen molar-refractivity contribution in [1.82, 2.24) is 10.2 Å². The molecule has 3 heterocycles.